The summed E-state index contributed by atoms with van der Waals surface area (Å²) < 4.78 is 46.7. The number of anilines is 1. The lowest BCUT2D eigenvalue weighted by Crippen LogP contribution is -2.30. The summed E-state index contributed by atoms with van der Waals surface area (Å²) in [4.78, 5) is 14.2. The topological polar surface area (TPSA) is 75.7 Å². The van der Waals surface area contributed by atoms with Crippen LogP contribution in [0.15, 0.2) is 71.6 Å². The zero-order valence-corrected chi connectivity index (χ0v) is 18.9. The van der Waals surface area contributed by atoms with E-state index >= 15 is 0 Å². The molecule has 0 atom stereocenters. The normalized spacial score (nSPS) is 11.1. The van der Waals surface area contributed by atoms with E-state index in [-0.39, 0.29) is 29.7 Å². The van der Waals surface area contributed by atoms with Crippen LogP contribution in [0.4, 0.5) is 10.1 Å². The molecule has 0 saturated heterocycles. The Labute approximate surface area is 187 Å². The average Bonchev–Trinajstić information content (AvgIpc) is 2.76. The molecule has 6 nitrogen and oxygen atoms in total. The number of nitrogens with zero attached hydrogens (tertiary/aromatic N) is 1. The van der Waals surface area contributed by atoms with Crippen LogP contribution in [0.3, 0.4) is 0 Å². The van der Waals surface area contributed by atoms with Crippen molar-refractivity contribution in [1.82, 2.24) is 4.90 Å². The molecule has 0 aliphatic heterocycles. The number of likely N-dealkylation sites (N-methyl/N-ethyl adjacent to an activating group) is 1. The first kappa shape index (κ1) is 23.3. The second-order valence-electron chi connectivity index (χ2n) is 7.43. The van der Waals surface area contributed by atoms with Crippen LogP contribution in [0.5, 0.6) is 5.75 Å². The minimum Gasteiger partial charge on any atom is -0.489 e. The van der Waals surface area contributed by atoms with Crippen LogP contribution in [0, 0.1) is 19.7 Å². The molecular weight excluding hydrogens is 431 g/mol. The molecule has 0 aliphatic rings. The fraction of sp³-hybridized carbons (Fsp3) is 0.208. The molecule has 1 N–H and O–H groups in total. The zero-order valence-electron chi connectivity index (χ0n) is 18.1. The largest absolute Gasteiger partial charge is 0.489 e. The maximum absolute atomic E-state index is 13.6. The van der Waals surface area contributed by atoms with Crippen molar-refractivity contribution in [1.29, 1.82) is 0 Å². The predicted molar refractivity (Wildman–Crippen MR) is 122 cm³/mol. The molecule has 3 aromatic rings. The van der Waals surface area contributed by atoms with Gasteiger partial charge >= 0.3 is 0 Å². The van der Waals surface area contributed by atoms with Crippen molar-refractivity contribution < 1.29 is 22.3 Å². The van der Waals surface area contributed by atoms with E-state index in [9.17, 15) is 17.6 Å². The first-order chi connectivity index (χ1) is 15.2. The number of para-hydroxylation sites is 1. The highest BCUT2D eigenvalue weighted by Crippen LogP contribution is 2.20. The van der Waals surface area contributed by atoms with E-state index in [0.29, 0.717) is 11.3 Å². The van der Waals surface area contributed by atoms with Crippen molar-refractivity contribution in [2.24, 2.45) is 0 Å². The van der Waals surface area contributed by atoms with Gasteiger partial charge in [-0.15, -0.1) is 0 Å². The van der Waals surface area contributed by atoms with Gasteiger partial charge in [-0.05, 0) is 73.5 Å². The summed E-state index contributed by atoms with van der Waals surface area (Å²) in [6, 6.07) is 17.2. The summed E-state index contributed by atoms with van der Waals surface area (Å²) in [6.07, 6.45) is 0. The average molecular weight is 457 g/mol. The highest BCUT2D eigenvalue weighted by Gasteiger charge is 2.16. The third-order valence-electron chi connectivity index (χ3n) is 5.04. The molecule has 0 fully saturated rings. The van der Waals surface area contributed by atoms with E-state index in [1.165, 1.54) is 29.2 Å². The molecule has 0 heterocycles. The van der Waals surface area contributed by atoms with Crippen molar-refractivity contribution in [3.05, 3.63) is 89.2 Å². The number of carbonyl (C=O) groups is 1. The number of hydrogen-bond acceptors (Lipinski definition) is 4. The lowest BCUT2D eigenvalue weighted by Gasteiger charge is -2.18. The molecule has 3 aromatic carbocycles. The van der Waals surface area contributed by atoms with Gasteiger partial charge in [-0.25, -0.2) is 12.8 Å². The fourth-order valence-corrected chi connectivity index (χ4v) is 4.10. The predicted octanol–water partition coefficient (Wildman–Crippen LogP) is 4.39. The SMILES string of the molecule is Cc1ccc(S(=O)(=O)Nc2ccc(C(=O)N(C)CCOc3ccccc3F)cc2)cc1C. The first-order valence-corrected chi connectivity index (χ1v) is 11.5. The maximum Gasteiger partial charge on any atom is 0.261 e. The fourth-order valence-electron chi connectivity index (χ4n) is 2.95. The second kappa shape index (κ2) is 9.82. The highest BCUT2D eigenvalue weighted by molar-refractivity contribution is 7.92. The van der Waals surface area contributed by atoms with E-state index in [4.69, 9.17) is 4.74 Å². The van der Waals surface area contributed by atoms with Gasteiger partial charge in [0, 0.05) is 18.3 Å². The smallest absolute Gasteiger partial charge is 0.261 e. The zero-order chi connectivity index (χ0) is 23.3. The summed E-state index contributed by atoms with van der Waals surface area (Å²) in [5.41, 5.74) is 2.64. The Bertz CT molecular complexity index is 1210. The lowest BCUT2D eigenvalue weighted by atomic mass is 10.1. The van der Waals surface area contributed by atoms with E-state index in [2.05, 4.69) is 4.72 Å². The van der Waals surface area contributed by atoms with Gasteiger partial charge in [0.15, 0.2) is 11.6 Å². The van der Waals surface area contributed by atoms with Crippen molar-refractivity contribution in [2.45, 2.75) is 18.7 Å². The third kappa shape index (κ3) is 5.64. The summed E-state index contributed by atoms with van der Waals surface area (Å²) >= 11 is 0. The van der Waals surface area contributed by atoms with E-state index < -0.39 is 15.8 Å². The standard InChI is InChI=1S/C24H25FN2O4S/c1-17-8-13-21(16-18(17)2)32(29,30)26-20-11-9-19(10-12-20)24(28)27(3)14-15-31-23-7-5-4-6-22(23)25/h4-13,16,26H,14-15H2,1-3H3. The van der Waals surface area contributed by atoms with Gasteiger partial charge in [0.2, 0.25) is 0 Å². The molecule has 0 aliphatic carbocycles. The lowest BCUT2D eigenvalue weighted by molar-refractivity contribution is 0.0773. The second-order valence-corrected chi connectivity index (χ2v) is 9.12. The van der Waals surface area contributed by atoms with Gasteiger partial charge < -0.3 is 9.64 Å². The van der Waals surface area contributed by atoms with Crippen LogP contribution in [0.1, 0.15) is 21.5 Å². The number of benzene rings is 3. The van der Waals surface area contributed by atoms with E-state index in [0.717, 1.165) is 11.1 Å². The summed E-state index contributed by atoms with van der Waals surface area (Å²) in [5, 5.41) is 0. The number of aryl methyl sites for hydroxylation is 2. The van der Waals surface area contributed by atoms with E-state index in [1.54, 1.807) is 49.5 Å². The van der Waals surface area contributed by atoms with Gasteiger partial charge in [-0.1, -0.05) is 18.2 Å². The van der Waals surface area contributed by atoms with Gasteiger partial charge in [0.05, 0.1) is 11.4 Å². The Morgan fingerprint density at radius 1 is 1.00 bits per heavy atom. The molecule has 8 heteroatoms. The van der Waals surface area contributed by atoms with Gasteiger partial charge in [-0.2, -0.15) is 0 Å². The third-order valence-corrected chi connectivity index (χ3v) is 6.42. The molecule has 0 unspecified atom stereocenters. The molecule has 3 rings (SSSR count). The molecule has 168 valence electrons. The number of carbonyl (C=O) groups excluding carboxylic acids is 1. The molecule has 0 saturated carbocycles. The number of amides is 1. The van der Waals surface area contributed by atoms with Crippen LogP contribution in [-0.2, 0) is 10.0 Å². The number of nitrogens with one attached hydrogen (secondary N) is 1. The Morgan fingerprint density at radius 3 is 2.34 bits per heavy atom. The molecular formula is C24H25FN2O4S. The number of sulfonamides is 1. The van der Waals surface area contributed by atoms with Gasteiger partial charge in [0.1, 0.15) is 6.61 Å². The van der Waals surface area contributed by atoms with Crippen molar-refractivity contribution in [3.63, 3.8) is 0 Å². The highest BCUT2D eigenvalue weighted by atomic mass is 32.2. The Hall–Kier alpha value is -3.39. The minimum atomic E-state index is -3.74. The summed E-state index contributed by atoms with van der Waals surface area (Å²) in [7, 11) is -2.12. The van der Waals surface area contributed by atoms with E-state index in [1.807, 2.05) is 13.8 Å². The van der Waals surface area contributed by atoms with Crippen LogP contribution in [-0.4, -0.2) is 39.4 Å². The molecule has 0 radical (unpaired) electrons. The number of rotatable bonds is 8. The Kier molecular flexibility index (Phi) is 7.15. The molecule has 0 bridgehead atoms. The number of halogens is 1. The molecule has 32 heavy (non-hydrogen) atoms. The van der Waals surface area contributed by atoms with Crippen molar-refractivity contribution >= 4 is 21.6 Å². The first-order valence-electron chi connectivity index (χ1n) is 10.0. The van der Waals surface area contributed by atoms with Crippen LogP contribution in [0.25, 0.3) is 0 Å². The number of hydrogen-bond donors (Lipinski definition) is 1. The number of ether oxygens (including phenoxy) is 1. The van der Waals surface area contributed by atoms with Crippen molar-refractivity contribution in [3.8, 4) is 5.75 Å². The monoisotopic (exact) mass is 456 g/mol. The quantitative estimate of drug-likeness (QED) is 0.545. The summed E-state index contributed by atoms with van der Waals surface area (Å²) in [5.74, 6) is -0.584. The maximum atomic E-state index is 13.6. The van der Waals surface area contributed by atoms with Gasteiger partial charge in [-0.3, -0.25) is 9.52 Å². The van der Waals surface area contributed by atoms with Crippen LogP contribution >= 0.6 is 0 Å². The Balaban J connectivity index is 1.59. The van der Waals surface area contributed by atoms with Gasteiger partial charge in [0.25, 0.3) is 15.9 Å². The van der Waals surface area contributed by atoms with Crippen LogP contribution in [0.2, 0.25) is 0 Å². The molecule has 0 spiro atoms. The van der Waals surface area contributed by atoms with Crippen molar-refractivity contribution in [2.75, 3.05) is 24.9 Å². The minimum absolute atomic E-state index is 0.133. The molecule has 1 amide bonds. The van der Waals surface area contributed by atoms with Crippen LogP contribution < -0.4 is 9.46 Å². The Morgan fingerprint density at radius 2 is 1.69 bits per heavy atom. The summed E-state index contributed by atoms with van der Waals surface area (Å²) in [6.45, 7) is 4.16. The molecule has 0 aromatic heterocycles.